The van der Waals surface area contributed by atoms with Crippen LogP contribution in [0.5, 0.6) is 0 Å². The number of rotatable bonds is 7. The molecule has 6 heteroatoms. The molecule has 1 saturated carbocycles. The van der Waals surface area contributed by atoms with Crippen LogP contribution in [0, 0.1) is 5.92 Å². The number of fused-ring (bicyclic) bond motifs is 5. The Hall–Kier alpha value is -2.50. The van der Waals surface area contributed by atoms with Crippen molar-refractivity contribution in [1.82, 2.24) is 9.47 Å². The van der Waals surface area contributed by atoms with Gasteiger partial charge in [0, 0.05) is 53.4 Å². The topological polar surface area (TPSA) is 48.7 Å². The third-order valence-corrected chi connectivity index (χ3v) is 9.83. The average Bonchev–Trinajstić information content (AvgIpc) is 3.20. The monoisotopic (exact) mass is 547 g/mol. The first-order valence-electron chi connectivity index (χ1n) is 15.2. The molecule has 0 bridgehead atoms. The van der Waals surface area contributed by atoms with Gasteiger partial charge in [-0.05, 0) is 92.9 Å². The zero-order valence-electron chi connectivity index (χ0n) is 23.3. The molecular weight excluding hydrogens is 506 g/mol. The quantitative estimate of drug-likeness (QED) is 0.325. The van der Waals surface area contributed by atoms with Gasteiger partial charge in [-0.15, -0.1) is 0 Å². The predicted octanol–water partition coefficient (Wildman–Crippen LogP) is 8.04. The summed E-state index contributed by atoms with van der Waals surface area (Å²) in [5.41, 5.74) is 6.61. The Morgan fingerprint density at radius 3 is 2.62 bits per heavy atom. The van der Waals surface area contributed by atoms with Gasteiger partial charge in [-0.25, -0.2) is 4.79 Å². The fourth-order valence-corrected chi connectivity index (χ4v) is 7.72. The van der Waals surface area contributed by atoms with E-state index < -0.39 is 5.97 Å². The normalized spacial score (nSPS) is 20.6. The molecule has 1 saturated heterocycles. The summed E-state index contributed by atoms with van der Waals surface area (Å²) in [6.45, 7) is 8.68. The molecular formula is C33H42ClN3O2. The second-order valence-corrected chi connectivity index (χ2v) is 12.4. The molecule has 2 aliphatic heterocycles. The maximum Gasteiger partial charge on any atom is 0.335 e. The third-order valence-electron chi connectivity index (χ3n) is 9.60. The maximum absolute atomic E-state index is 11.9. The van der Waals surface area contributed by atoms with Crippen LogP contribution >= 0.6 is 11.6 Å². The second-order valence-electron chi connectivity index (χ2n) is 12.0. The van der Waals surface area contributed by atoms with Crippen molar-refractivity contribution in [3.05, 3.63) is 52.5 Å². The number of piperidine rings is 1. The van der Waals surface area contributed by atoms with E-state index in [0.29, 0.717) is 11.5 Å². The van der Waals surface area contributed by atoms with Crippen molar-refractivity contribution in [1.29, 1.82) is 0 Å². The summed E-state index contributed by atoms with van der Waals surface area (Å²) in [5.74, 6) is 0.496. The zero-order valence-corrected chi connectivity index (χ0v) is 24.1. The van der Waals surface area contributed by atoms with Crippen LogP contribution < -0.4 is 4.90 Å². The van der Waals surface area contributed by atoms with Gasteiger partial charge in [0.25, 0.3) is 0 Å². The number of anilines is 1. The lowest BCUT2D eigenvalue weighted by Crippen LogP contribution is -2.37. The summed E-state index contributed by atoms with van der Waals surface area (Å²) >= 11 is 6.63. The molecule has 0 spiro atoms. The summed E-state index contributed by atoms with van der Waals surface area (Å²) < 4.78 is 2.43. The first-order valence-corrected chi connectivity index (χ1v) is 15.6. The molecule has 3 aromatic rings. The number of benzene rings is 2. The number of aromatic nitrogens is 1. The molecule has 1 aromatic heterocycles. The number of carboxylic acids is 1. The molecule has 5 nitrogen and oxygen atoms in total. The van der Waals surface area contributed by atoms with E-state index in [0.717, 1.165) is 49.1 Å². The molecule has 1 aliphatic carbocycles. The Kier molecular flexibility index (Phi) is 7.91. The number of hydrogen-bond donors (Lipinski definition) is 1. The standard InChI is InChI=1S/C33H42ClN3O2/c1-2-23-8-6-15-35(22-23)16-7-17-36-18-19-37-30-20-25(33(38)39)11-13-27(30)31(24-9-4-3-5-10-24)32(37)28-14-12-26(34)21-29(28)36/h11-14,20-21,23-24H,2-10,15-19,22H2,1H3,(H,38,39). The SMILES string of the molecule is CCC1CCCN(CCCN2CCn3c(c(C4CCCCC4)c4ccc(C(=O)O)cc43)-c3ccc(Cl)cc32)C1. The Bertz CT molecular complexity index is 1340. The van der Waals surface area contributed by atoms with Crippen LogP contribution in [0.25, 0.3) is 22.2 Å². The number of likely N-dealkylation sites (tertiary alicyclic amines) is 1. The lowest BCUT2D eigenvalue weighted by Gasteiger charge is -2.33. The van der Waals surface area contributed by atoms with Crippen molar-refractivity contribution in [2.24, 2.45) is 5.92 Å². The number of aromatic carboxylic acids is 1. The van der Waals surface area contributed by atoms with E-state index in [9.17, 15) is 9.90 Å². The Morgan fingerprint density at radius 2 is 1.82 bits per heavy atom. The third kappa shape index (κ3) is 5.32. The van der Waals surface area contributed by atoms with Gasteiger partial charge in [-0.1, -0.05) is 50.3 Å². The average molecular weight is 548 g/mol. The van der Waals surface area contributed by atoms with E-state index in [4.69, 9.17) is 11.6 Å². The van der Waals surface area contributed by atoms with Gasteiger partial charge < -0.3 is 19.5 Å². The van der Waals surface area contributed by atoms with Gasteiger partial charge in [0.2, 0.25) is 0 Å². The molecule has 2 fully saturated rings. The summed E-state index contributed by atoms with van der Waals surface area (Å²) in [6.07, 6.45) is 11.4. The predicted molar refractivity (Wildman–Crippen MR) is 161 cm³/mol. The summed E-state index contributed by atoms with van der Waals surface area (Å²) in [7, 11) is 0. The highest BCUT2D eigenvalue weighted by Gasteiger charge is 2.31. The van der Waals surface area contributed by atoms with Crippen molar-refractivity contribution in [3.8, 4) is 11.3 Å². The van der Waals surface area contributed by atoms with Crippen LogP contribution in [0.1, 0.15) is 86.6 Å². The Morgan fingerprint density at radius 1 is 0.974 bits per heavy atom. The number of hydrogen-bond acceptors (Lipinski definition) is 3. The van der Waals surface area contributed by atoms with Crippen LogP contribution in [0.15, 0.2) is 36.4 Å². The molecule has 208 valence electrons. The fourth-order valence-electron chi connectivity index (χ4n) is 7.55. The van der Waals surface area contributed by atoms with Gasteiger partial charge in [0.15, 0.2) is 0 Å². The first-order chi connectivity index (χ1) is 19.0. The highest BCUT2D eigenvalue weighted by Crippen LogP contribution is 2.48. The molecule has 1 unspecified atom stereocenters. The van der Waals surface area contributed by atoms with Crippen LogP contribution in [0.3, 0.4) is 0 Å². The largest absolute Gasteiger partial charge is 0.478 e. The molecule has 39 heavy (non-hydrogen) atoms. The van der Waals surface area contributed by atoms with Gasteiger partial charge in [-0.3, -0.25) is 0 Å². The highest BCUT2D eigenvalue weighted by molar-refractivity contribution is 6.31. The zero-order chi connectivity index (χ0) is 26.9. The Labute approximate surface area is 237 Å². The number of nitrogens with zero attached hydrogens (tertiary/aromatic N) is 3. The molecule has 3 heterocycles. The minimum absolute atomic E-state index is 0.363. The smallest absolute Gasteiger partial charge is 0.335 e. The maximum atomic E-state index is 11.9. The lowest BCUT2D eigenvalue weighted by molar-refractivity contribution is 0.0697. The van der Waals surface area contributed by atoms with Crippen molar-refractivity contribution in [2.75, 3.05) is 37.6 Å². The van der Waals surface area contributed by atoms with Crippen molar-refractivity contribution >= 4 is 34.2 Å². The van der Waals surface area contributed by atoms with E-state index in [2.05, 4.69) is 39.5 Å². The van der Waals surface area contributed by atoms with Gasteiger partial charge in [0.1, 0.15) is 0 Å². The van der Waals surface area contributed by atoms with Crippen molar-refractivity contribution in [3.63, 3.8) is 0 Å². The molecule has 1 N–H and O–H groups in total. The number of carbonyl (C=O) groups is 1. The van der Waals surface area contributed by atoms with E-state index in [1.807, 2.05) is 12.1 Å². The number of halogens is 1. The van der Waals surface area contributed by atoms with E-state index in [-0.39, 0.29) is 0 Å². The van der Waals surface area contributed by atoms with Gasteiger partial charge >= 0.3 is 5.97 Å². The Balaban J connectivity index is 1.38. The van der Waals surface area contributed by atoms with E-state index in [1.165, 1.54) is 92.4 Å². The van der Waals surface area contributed by atoms with Crippen molar-refractivity contribution < 1.29 is 9.90 Å². The van der Waals surface area contributed by atoms with E-state index >= 15 is 0 Å². The van der Waals surface area contributed by atoms with Gasteiger partial charge in [0.05, 0.1) is 11.3 Å². The van der Waals surface area contributed by atoms with Gasteiger partial charge in [-0.2, -0.15) is 0 Å². The second kappa shape index (κ2) is 11.5. The van der Waals surface area contributed by atoms with Crippen LogP contribution in [0.2, 0.25) is 5.02 Å². The lowest BCUT2D eigenvalue weighted by atomic mass is 9.81. The van der Waals surface area contributed by atoms with E-state index in [1.54, 1.807) is 6.07 Å². The minimum atomic E-state index is -0.864. The highest BCUT2D eigenvalue weighted by atomic mass is 35.5. The molecule has 1 atom stereocenters. The van der Waals surface area contributed by atoms with Crippen LogP contribution in [-0.2, 0) is 6.54 Å². The molecule has 2 aromatic carbocycles. The summed E-state index contributed by atoms with van der Waals surface area (Å²) in [5, 5.41) is 11.8. The molecule has 0 radical (unpaired) electrons. The van der Waals surface area contributed by atoms with Crippen LogP contribution in [0.4, 0.5) is 5.69 Å². The summed E-state index contributed by atoms with van der Waals surface area (Å²) in [4.78, 5) is 17.1. The molecule has 6 rings (SSSR count). The number of carboxylic acid groups (broad SMARTS) is 1. The first kappa shape index (κ1) is 26.7. The fraction of sp³-hybridized carbons (Fsp3) is 0.545. The minimum Gasteiger partial charge on any atom is -0.478 e. The molecule has 3 aliphatic rings. The van der Waals surface area contributed by atoms with Crippen molar-refractivity contribution in [2.45, 2.75) is 77.2 Å². The van der Waals surface area contributed by atoms with Crippen LogP contribution in [-0.4, -0.2) is 53.3 Å². The summed E-state index contributed by atoms with van der Waals surface area (Å²) in [6, 6.07) is 12.2. The molecule has 0 amide bonds.